The van der Waals surface area contributed by atoms with Gasteiger partial charge in [0.05, 0.1) is 6.54 Å². The van der Waals surface area contributed by atoms with Gasteiger partial charge in [0.1, 0.15) is 12.4 Å². The van der Waals surface area contributed by atoms with E-state index in [1.807, 2.05) is 4.90 Å². The predicted molar refractivity (Wildman–Crippen MR) is 89.5 cm³/mol. The summed E-state index contributed by atoms with van der Waals surface area (Å²) in [5, 5.41) is 2.95. The van der Waals surface area contributed by atoms with E-state index >= 15 is 0 Å². The van der Waals surface area contributed by atoms with Gasteiger partial charge in [-0.15, -0.1) is 0 Å². The third-order valence-corrected chi connectivity index (χ3v) is 4.30. The van der Waals surface area contributed by atoms with Crippen molar-refractivity contribution in [3.63, 3.8) is 0 Å². The minimum Gasteiger partial charge on any atom is -0.491 e. The number of piperidine rings is 1. The largest absolute Gasteiger partial charge is 0.491 e. The summed E-state index contributed by atoms with van der Waals surface area (Å²) in [6.07, 6.45) is 2.21. The minimum atomic E-state index is 0.0350. The molecule has 0 aliphatic carbocycles. The number of carbonyl (C=O) groups is 1. The van der Waals surface area contributed by atoms with Gasteiger partial charge >= 0.3 is 6.03 Å². The van der Waals surface area contributed by atoms with Gasteiger partial charge in [-0.2, -0.15) is 0 Å². The molecule has 0 bridgehead atoms. The molecule has 1 aliphatic rings. The van der Waals surface area contributed by atoms with Crippen molar-refractivity contribution < 1.29 is 9.53 Å². The second-order valence-corrected chi connectivity index (χ2v) is 6.48. The van der Waals surface area contributed by atoms with Gasteiger partial charge in [0, 0.05) is 13.1 Å². The van der Waals surface area contributed by atoms with E-state index in [4.69, 9.17) is 4.74 Å². The van der Waals surface area contributed by atoms with Crippen LogP contribution in [0.25, 0.3) is 0 Å². The maximum atomic E-state index is 12.1. The highest BCUT2D eigenvalue weighted by Gasteiger charge is 2.19. The number of hydrogen-bond donors (Lipinski definition) is 1. The van der Waals surface area contributed by atoms with Crippen LogP contribution in [0, 0.1) is 26.7 Å². The van der Waals surface area contributed by atoms with Crippen LogP contribution in [-0.4, -0.2) is 37.2 Å². The van der Waals surface area contributed by atoms with Crippen LogP contribution in [0.2, 0.25) is 0 Å². The highest BCUT2D eigenvalue weighted by molar-refractivity contribution is 5.74. The zero-order valence-electron chi connectivity index (χ0n) is 14.2. The van der Waals surface area contributed by atoms with Crippen molar-refractivity contribution in [3.8, 4) is 5.75 Å². The van der Waals surface area contributed by atoms with Crippen LogP contribution in [0.1, 0.15) is 36.5 Å². The lowest BCUT2D eigenvalue weighted by Gasteiger charge is -2.30. The number of aryl methyl sites for hydroxylation is 3. The molecule has 1 aliphatic heterocycles. The molecule has 0 radical (unpaired) electrons. The quantitative estimate of drug-likeness (QED) is 0.866. The summed E-state index contributed by atoms with van der Waals surface area (Å²) in [7, 11) is 0. The van der Waals surface area contributed by atoms with E-state index < -0.39 is 0 Å². The lowest BCUT2D eigenvalue weighted by Crippen LogP contribution is -2.45. The number of ether oxygens (including phenoxy) is 1. The number of likely N-dealkylation sites (tertiary alicyclic amines) is 1. The van der Waals surface area contributed by atoms with E-state index in [1.165, 1.54) is 5.56 Å². The van der Waals surface area contributed by atoms with Gasteiger partial charge < -0.3 is 15.0 Å². The first-order valence-corrected chi connectivity index (χ1v) is 8.21. The highest BCUT2D eigenvalue weighted by Crippen LogP contribution is 2.24. The summed E-state index contributed by atoms with van der Waals surface area (Å²) in [4.78, 5) is 14.0. The van der Waals surface area contributed by atoms with Crippen LogP contribution in [0.5, 0.6) is 5.75 Å². The minimum absolute atomic E-state index is 0.0350. The first-order chi connectivity index (χ1) is 10.5. The first-order valence-electron chi connectivity index (χ1n) is 8.21. The second-order valence-electron chi connectivity index (χ2n) is 6.48. The van der Waals surface area contributed by atoms with Gasteiger partial charge in [-0.25, -0.2) is 4.79 Å². The number of nitrogens with zero attached hydrogens (tertiary/aromatic N) is 1. The third-order valence-electron chi connectivity index (χ3n) is 4.30. The van der Waals surface area contributed by atoms with Crippen LogP contribution >= 0.6 is 0 Å². The van der Waals surface area contributed by atoms with Gasteiger partial charge in [0.2, 0.25) is 0 Å². The molecule has 2 amide bonds. The molecule has 22 heavy (non-hydrogen) atoms. The normalized spacial score (nSPS) is 15.7. The number of carbonyl (C=O) groups excluding carboxylic acids is 1. The molecule has 4 nitrogen and oxygen atoms in total. The Morgan fingerprint density at radius 1 is 1.23 bits per heavy atom. The number of nitrogens with one attached hydrogen (secondary N) is 1. The fourth-order valence-electron chi connectivity index (χ4n) is 3.03. The van der Waals surface area contributed by atoms with Crippen LogP contribution in [0.15, 0.2) is 12.1 Å². The van der Waals surface area contributed by atoms with Crippen molar-refractivity contribution in [2.45, 2.75) is 40.5 Å². The van der Waals surface area contributed by atoms with Gasteiger partial charge in [0.25, 0.3) is 0 Å². The molecule has 0 saturated carbocycles. The molecule has 1 saturated heterocycles. The van der Waals surface area contributed by atoms with Gasteiger partial charge in [-0.05, 0) is 50.7 Å². The molecule has 0 atom stereocenters. The molecule has 0 unspecified atom stereocenters. The zero-order chi connectivity index (χ0) is 16.1. The fraction of sp³-hybridized carbons (Fsp3) is 0.611. The first kappa shape index (κ1) is 16.7. The van der Waals surface area contributed by atoms with Crippen LogP contribution in [-0.2, 0) is 0 Å². The van der Waals surface area contributed by atoms with E-state index in [9.17, 15) is 4.79 Å². The average Bonchev–Trinajstić information content (AvgIpc) is 2.46. The Hall–Kier alpha value is -1.71. The average molecular weight is 304 g/mol. The summed E-state index contributed by atoms with van der Waals surface area (Å²) in [5.41, 5.74) is 3.54. The Morgan fingerprint density at radius 3 is 2.41 bits per heavy atom. The highest BCUT2D eigenvalue weighted by atomic mass is 16.5. The van der Waals surface area contributed by atoms with Gasteiger partial charge in [-0.1, -0.05) is 24.6 Å². The summed E-state index contributed by atoms with van der Waals surface area (Å²) < 4.78 is 5.84. The Balaban J connectivity index is 1.74. The molecule has 1 N–H and O–H groups in total. The standard InChI is InChI=1S/C18H28N2O2/c1-13-5-8-20(9-6-13)18(21)19-7-10-22-17-15(3)11-14(2)12-16(17)4/h11-13H,5-10H2,1-4H3,(H,19,21). The molecule has 122 valence electrons. The van der Waals surface area contributed by atoms with Gasteiger partial charge in [0.15, 0.2) is 0 Å². The Morgan fingerprint density at radius 2 is 1.82 bits per heavy atom. The molecule has 4 heteroatoms. The van der Waals surface area contributed by atoms with Crippen molar-refractivity contribution in [2.75, 3.05) is 26.2 Å². The van der Waals surface area contributed by atoms with E-state index in [0.717, 1.165) is 48.7 Å². The monoisotopic (exact) mass is 304 g/mol. The van der Waals surface area contributed by atoms with Crippen LogP contribution in [0.3, 0.4) is 0 Å². The number of benzene rings is 1. The number of hydrogen-bond acceptors (Lipinski definition) is 2. The molecule has 1 heterocycles. The maximum Gasteiger partial charge on any atom is 0.317 e. The summed E-state index contributed by atoms with van der Waals surface area (Å²) >= 11 is 0. The van der Waals surface area contributed by atoms with E-state index in [1.54, 1.807) is 0 Å². The van der Waals surface area contributed by atoms with Crippen molar-refractivity contribution in [1.82, 2.24) is 10.2 Å². The Kier molecular flexibility index (Phi) is 5.69. The third kappa shape index (κ3) is 4.39. The lowest BCUT2D eigenvalue weighted by atomic mass is 10.00. The van der Waals surface area contributed by atoms with E-state index in [2.05, 4.69) is 45.1 Å². The molecule has 0 aromatic heterocycles. The Bertz CT molecular complexity index is 497. The zero-order valence-corrected chi connectivity index (χ0v) is 14.2. The molecule has 1 aromatic rings. The predicted octanol–water partition coefficient (Wildman–Crippen LogP) is 3.43. The van der Waals surface area contributed by atoms with Crippen molar-refractivity contribution in [1.29, 1.82) is 0 Å². The summed E-state index contributed by atoms with van der Waals surface area (Å²) in [6, 6.07) is 4.28. The van der Waals surface area contributed by atoms with Gasteiger partial charge in [-0.3, -0.25) is 0 Å². The maximum absolute atomic E-state index is 12.1. The Labute approximate surface area is 133 Å². The molecule has 2 rings (SSSR count). The van der Waals surface area contributed by atoms with E-state index in [0.29, 0.717) is 13.2 Å². The summed E-state index contributed by atoms with van der Waals surface area (Å²) in [6.45, 7) is 11.2. The van der Waals surface area contributed by atoms with E-state index in [-0.39, 0.29) is 6.03 Å². The van der Waals surface area contributed by atoms with Crippen molar-refractivity contribution in [3.05, 3.63) is 28.8 Å². The lowest BCUT2D eigenvalue weighted by molar-refractivity contribution is 0.172. The molecular formula is C18H28N2O2. The van der Waals surface area contributed by atoms with Crippen LogP contribution in [0.4, 0.5) is 4.79 Å². The SMILES string of the molecule is Cc1cc(C)c(OCCNC(=O)N2CCC(C)CC2)c(C)c1. The molecule has 1 aromatic carbocycles. The van der Waals surface area contributed by atoms with Crippen LogP contribution < -0.4 is 10.1 Å². The molecule has 1 fully saturated rings. The topological polar surface area (TPSA) is 41.6 Å². The molecular weight excluding hydrogens is 276 g/mol. The van der Waals surface area contributed by atoms with Crippen molar-refractivity contribution in [2.24, 2.45) is 5.92 Å². The molecule has 0 spiro atoms. The smallest absolute Gasteiger partial charge is 0.317 e. The summed E-state index contributed by atoms with van der Waals surface area (Å²) in [5.74, 6) is 1.67. The second kappa shape index (κ2) is 7.52. The number of amides is 2. The number of rotatable bonds is 4. The fourth-order valence-corrected chi connectivity index (χ4v) is 3.03. The number of urea groups is 1. The van der Waals surface area contributed by atoms with Crippen molar-refractivity contribution >= 4 is 6.03 Å².